The maximum Gasteiger partial charge on any atom is 0.158 e. The van der Waals surface area contributed by atoms with E-state index in [1.54, 1.807) is 0 Å². The van der Waals surface area contributed by atoms with Crippen LogP contribution in [-0.2, 0) is 4.79 Å². The lowest BCUT2D eigenvalue weighted by Gasteiger charge is -2.12. The normalized spacial score (nSPS) is 21.5. The van der Waals surface area contributed by atoms with Crippen LogP contribution in [-0.4, -0.2) is 5.78 Å². The molecule has 1 saturated carbocycles. The van der Waals surface area contributed by atoms with Crippen LogP contribution < -0.4 is 0 Å². The van der Waals surface area contributed by atoms with Crippen molar-refractivity contribution in [3.63, 3.8) is 0 Å². The van der Waals surface area contributed by atoms with E-state index in [1.807, 2.05) is 0 Å². The van der Waals surface area contributed by atoms with E-state index in [9.17, 15) is 4.79 Å². The van der Waals surface area contributed by atoms with E-state index in [1.165, 1.54) is 12.8 Å². The van der Waals surface area contributed by atoms with Gasteiger partial charge in [0.05, 0.1) is 0 Å². The monoisotopic (exact) mass is 180 g/mol. The summed E-state index contributed by atoms with van der Waals surface area (Å²) in [4.78, 5) is 11.4. The van der Waals surface area contributed by atoms with E-state index in [4.69, 9.17) is 0 Å². The van der Waals surface area contributed by atoms with Crippen LogP contribution in [0.5, 0.6) is 0 Å². The summed E-state index contributed by atoms with van der Waals surface area (Å²) in [5, 5.41) is 0. The van der Waals surface area contributed by atoms with Crippen molar-refractivity contribution in [1.29, 1.82) is 0 Å². The summed E-state index contributed by atoms with van der Waals surface area (Å²) < 4.78 is 0. The SMILES string of the molecule is CC(C)CCC=C1CCCCC1=O. The summed E-state index contributed by atoms with van der Waals surface area (Å²) in [6.07, 6.45) is 8.57. The van der Waals surface area contributed by atoms with Crippen LogP contribution in [0.25, 0.3) is 0 Å². The predicted octanol–water partition coefficient (Wildman–Crippen LogP) is 3.49. The largest absolute Gasteiger partial charge is 0.295 e. The van der Waals surface area contributed by atoms with E-state index in [2.05, 4.69) is 19.9 Å². The molecule has 0 aliphatic heterocycles. The van der Waals surface area contributed by atoms with Gasteiger partial charge < -0.3 is 0 Å². The van der Waals surface area contributed by atoms with Crippen LogP contribution in [0.1, 0.15) is 52.4 Å². The number of allylic oxidation sites excluding steroid dienone is 2. The number of carbonyl (C=O) groups excluding carboxylic acids is 1. The Morgan fingerprint density at radius 1 is 1.31 bits per heavy atom. The van der Waals surface area contributed by atoms with Gasteiger partial charge in [0.25, 0.3) is 0 Å². The molecule has 1 rings (SSSR count). The lowest BCUT2D eigenvalue weighted by molar-refractivity contribution is -0.116. The van der Waals surface area contributed by atoms with Gasteiger partial charge in [-0.1, -0.05) is 19.9 Å². The molecule has 0 bridgehead atoms. The molecule has 0 heterocycles. The Bertz CT molecular complexity index is 201. The minimum Gasteiger partial charge on any atom is -0.295 e. The molecular weight excluding hydrogens is 160 g/mol. The summed E-state index contributed by atoms with van der Waals surface area (Å²) in [5.41, 5.74) is 1.10. The van der Waals surface area contributed by atoms with Gasteiger partial charge in [0.2, 0.25) is 0 Å². The Hall–Kier alpha value is -0.590. The molecule has 1 nitrogen and oxygen atoms in total. The summed E-state index contributed by atoms with van der Waals surface area (Å²) in [7, 11) is 0. The molecule has 0 aromatic rings. The van der Waals surface area contributed by atoms with Crippen LogP contribution in [0.3, 0.4) is 0 Å². The number of ketones is 1. The second-order valence-corrected chi connectivity index (χ2v) is 4.33. The maximum absolute atomic E-state index is 11.4. The highest BCUT2D eigenvalue weighted by Crippen LogP contribution is 2.20. The Balaban J connectivity index is 2.35. The first kappa shape index (κ1) is 10.5. The maximum atomic E-state index is 11.4. The Kier molecular flexibility index (Phi) is 4.20. The molecule has 1 fully saturated rings. The second-order valence-electron chi connectivity index (χ2n) is 4.33. The van der Waals surface area contributed by atoms with Crippen molar-refractivity contribution >= 4 is 5.78 Å². The quantitative estimate of drug-likeness (QED) is 0.607. The molecular formula is C12H20O. The molecule has 13 heavy (non-hydrogen) atoms. The highest BCUT2D eigenvalue weighted by Gasteiger charge is 2.13. The van der Waals surface area contributed by atoms with E-state index < -0.39 is 0 Å². The highest BCUT2D eigenvalue weighted by molar-refractivity contribution is 5.95. The van der Waals surface area contributed by atoms with Crippen LogP contribution >= 0.6 is 0 Å². The fourth-order valence-corrected chi connectivity index (χ4v) is 1.71. The Morgan fingerprint density at radius 3 is 2.62 bits per heavy atom. The van der Waals surface area contributed by atoms with Gasteiger partial charge in [-0.25, -0.2) is 0 Å². The summed E-state index contributed by atoms with van der Waals surface area (Å²) in [5.74, 6) is 1.14. The molecule has 0 N–H and O–H groups in total. The number of Topliss-reactive ketones (excluding diaryl/α,β-unsaturated/α-hetero) is 1. The van der Waals surface area contributed by atoms with Crippen LogP contribution in [0.15, 0.2) is 11.6 Å². The fourth-order valence-electron chi connectivity index (χ4n) is 1.71. The van der Waals surface area contributed by atoms with Crippen molar-refractivity contribution < 1.29 is 4.79 Å². The second kappa shape index (κ2) is 5.21. The molecule has 1 aliphatic rings. The first-order valence-corrected chi connectivity index (χ1v) is 5.42. The number of hydrogen-bond acceptors (Lipinski definition) is 1. The standard InChI is InChI=1S/C12H20O/c1-10(2)6-5-8-11-7-3-4-9-12(11)13/h8,10H,3-7,9H2,1-2H3. The van der Waals surface area contributed by atoms with Gasteiger partial charge in [0, 0.05) is 6.42 Å². The van der Waals surface area contributed by atoms with Gasteiger partial charge in [0.15, 0.2) is 5.78 Å². The zero-order valence-electron chi connectivity index (χ0n) is 8.81. The minimum absolute atomic E-state index is 0.398. The molecule has 0 amide bonds. The summed E-state index contributed by atoms with van der Waals surface area (Å²) >= 11 is 0. The molecule has 0 aromatic carbocycles. The number of rotatable bonds is 3. The van der Waals surface area contributed by atoms with Crippen LogP contribution in [0.4, 0.5) is 0 Å². The summed E-state index contributed by atoms with van der Waals surface area (Å²) in [6, 6.07) is 0. The minimum atomic E-state index is 0.398. The molecule has 1 heteroatoms. The van der Waals surface area contributed by atoms with Crippen molar-refractivity contribution in [2.75, 3.05) is 0 Å². The first-order valence-electron chi connectivity index (χ1n) is 5.42. The first-order chi connectivity index (χ1) is 6.20. The predicted molar refractivity (Wildman–Crippen MR) is 55.6 cm³/mol. The molecule has 1 aliphatic carbocycles. The van der Waals surface area contributed by atoms with Crippen molar-refractivity contribution in [2.24, 2.45) is 5.92 Å². The molecule has 0 atom stereocenters. The lowest BCUT2D eigenvalue weighted by Crippen LogP contribution is -2.08. The lowest BCUT2D eigenvalue weighted by atomic mass is 9.92. The van der Waals surface area contributed by atoms with Gasteiger partial charge in [-0.2, -0.15) is 0 Å². The van der Waals surface area contributed by atoms with Gasteiger partial charge in [0.1, 0.15) is 0 Å². The van der Waals surface area contributed by atoms with E-state index >= 15 is 0 Å². The smallest absolute Gasteiger partial charge is 0.158 e. The highest BCUT2D eigenvalue weighted by atomic mass is 16.1. The molecule has 0 saturated heterocycles. The van der Waals surface area contributed by atoms with Crippen molar-refractivity contribution in [3.8, 4) is 0 Å². The third-order valence-corrected chi connectivity index (χ3v) is 2.59. The molecule has 0 spiro atoms. The fraction of sp³-hybridized carbons (Fsp3) is 0.750. The van der Waals surface area contributed by atoms with Gasteiger partial charge >= 0.3 is 0 Å². The topological polar surface area (TPSA) is 17.1 Å². The van der Waals surface area contributed by atoms with Gasteiger partial charge in [-0.15, -0.1) is 0 Å². The molecule has 0 aromatic heterocycles. The van der Waals surface area contributed by atoms with E-state index in [-0.39, 0.29) is 0 Å². The Labute approximate surface area is 81.2 Å². The number of hydrogen-bond donors (Lipinski definition) is 0. The van der Waals surface area contributed by atoms with E-state index in [0.29, 0.717) is 5.78 Å². The van der Waals surface area contributed by atoms with Crippen molar-refractivity contribution in [2.45, 2.75) is 52.4 Å². The average molecular weight is 180 g/mol. The zero-order chi connectivity index (χ0) is 9.68. The zero-order valence-corrected chi connectivity index (χ0v) is 8.81. The molecule has 0 radical (unpaired) electrons. The molecule has 74 valence electrons. The van der Waals surface area contributed by atoms with Crippen molar-refractivity contribution in [3.05, 3.63) is 11.6 Å². The van der Waals surface area contributed by atoms with Crippen molar-refractivity contribution in [1.82, 2.24) is 0 Å². The Morgan fingerprint density at radius 2 is 2.00 bits per heavy atom. The van der Waals surface area contributed by atoms with E-state index in [0.717, 1.165) is 37.2 Å². The third kappa shape index (κ3) is 3.75. The molecule has 0 unspecified atom stereocenters. The van der Waals surface area contributed by atoms with Gasteiger partial charge in [-0.05, 0) is 43.6 Å². The number of carbonyl (C=O) groups is 1. The van der Waals surface area contributed by atoms with Crippen LogP contribution in [0.2, 0.25) is 0 Å². The van der Waals surface area contributed by atoms with Crippen LogP contribution in [0, 0.1) is 5.92 Å². The third-order valence-electron chi connectivity index (χ3n) is 2.59. The van der Waals surface area contributed by atoms with Gasteiger partial charge in [-0.3, -0.25) is 4.79 Å². The average Bonchev–Trinajstić information content (AvgIpc) is 2.08. The summed E-state index contributed by atoms with van der Waals surface area (Å²) in [6.45, 7) is 4.45.